The number of nitrogens with one attached hydrogen (secondary N) is 1. The first-order valence-electron chi connectivity index (χ1n) is 8.62. The van der Waals surface area contributed by atoms with E-state index in [0.29, 0.717) is 28.3 Å². The van der Waals surface area contributed by atoms with Crippen LogP contribution in [-0.2, 0) is 11.2 Å². The van der Waals surface area contributed by atoms with E-state index in [1.54, 1.807) is 44.2 Å². The molecule has 0 saturated heterocycles. The predicted molar refractivity (Wildman–Crippen MR) is 107 cm³/mol. The molecule has 0 spiro atoms. The van der Waals surface area contributed by atoms with Gasteiger partial charge in [-0.25, -0.2) is 9.37 Å². The molecule has 2 aromatic carbocycles. The van der Waals surface area contributed by atoms with Gasteiger partial charge >= 0.3 is 0 Å². The van der Waals surface area contributed by atoms with Crippen LogP contribution in [0.3, 0.4) is 0 Å². The minimum Gasteiger partial charge on any atom is -0.369 e. The number of primary amides is 1. The van der Waals surface area contributed by atoms with Crippen LogP contribution in [0.4, 0.5) is 4.39 Å². The van der Waals surface area contributed by atoms with Crippen LogP contribution < -0.4 is 11.3 Å². The van der Waals surface area contributed by atoms with Crippen LogP contribution in [-0.4, -0.2) is 15.9 Å². The van der Waals surface area contributed by atoms with Gasteiger partial charge in [-0.2, -0.15) is 0 Å². The van der Waals surface area contributed by atoms with Crippen molar-refractivity contribution in [1.82, 2.24) is 9.97 Å². The lowest BCUT2D eigenvalue weighted by Crippen LogP contribution is -2.33. The summed E-state index contributed by atoms with van der Waals surface area (Å²) in [5.41, 5.74) is 6.47. The minimum atomic E-state index is -0.741. The Morgan fingerprint density at radius 2 is 1.96 bits per heavy atom. The molecular weight excluding hydrogens is 381 g/mol. The van der Waals surface area contributed by atoms with Crippen molar-refractivity contribution in [2.45, 2.75) is 20.3 Å². The molecule has 0 aliphatic heterocycles. The van der Waals surface area contributed by atoms with Gasteiger partial charge in [0.1, 0.15) is 11.6 Å². The maximum Gasteiger partial charge on any atom is 0.251 e. The largest absolute Gasteiger partial charge is 0.369 e. The van der Waals surface area contributed by atoms with Gasteiger partial charge in [0.2, 0.25) is 5.91 Å². The molecule has 144 valence electrons. The number of nitrogens with two attached hydrogens (primary N) is 1. The number of hydrogen-bond donors (Lipinski definition) is 2. The van der Waals surface area contributed by atoms with Crippen molar-refractivity contribution in [2.24, 2.45) is 11.1 Å². The molecule has 0 unspecified atom stereocenters. The molecule has 3 aromatic rings. The topological polar surface area (TPSA) is 88.8 Å². The number of nitrogens with zero attached hydrogens (tertiary/aromatic N) is 1. The van der Waals surface area contributed by atoms with Gasteiger partial charge in [0.05, 0.1) is 10.7 Å². The van der Waals surface area contributed by atoms with Crippen molar-refractivity contribution in [3.05, 3.63) is 75.3 Å². The van der Waals surface area contributed by atoms with Crippen LogP contribution in [0.15, 0.2) is 53.3 Å². The zero-order chi connectivity index (χ0) is 20.5. The van der Waals surface area contributed by atoms with E-state index in [2.05, 4.69) is 9.97 Å². The van der Waals surface area contributed by atoms with Crippen LogP contribution in [0, 0.1) is 11.2 Å². The molecule has 1 heterocycles. The number of amides is 1. The van der Waals surface area contributed by atoms with Crippen molar-refractivity contribution >= 4 is 17.5 Å². The standard InChI is InChI=1S/C21H19ClFN3O2/c1-21(2,20(24)28)11-12-6-7-16(22)15(8-12)19-25-17(10-18(27)26-19)13-4-3-5-14(23)9-13/h3-10H,11H2,1-2H3,(H2,24,28)(H,25,26,27). The smallest absolute Gasteiger partial charge is 0.251 e. The number of aromatic nitrogens is 2. The van der Waals surface area contributed by atoms with Gasteiger partial charge in [-0.1, -0.05) is 43.6 Å². The zero-order valence-corrected chi connectivity index (χ0v) is 16.2. The number of benzene rings is 2. The molecule has 3 rings (SSSR count). The van der Waals surface area contributed by atoms with Gasteiger partial charge in [-0.05, 0) is 36.2 Å². The quantitative estimate of drug-likeness (QED) is 0.680. The number of rotatable bonds is 5. The summed E-state index contributed by atoms with van der Waals surface area (Å²) in [4.78, 5) is 30.9. The Kier molecular flexibility index (Phi) is 5.34. The number of halogens is 2. The predicted octanol–water partition coefficient (Wildman–Crippen LogP) is 3.95. The Morgan fingerprint density at radius 1 is 1.21 bits per heavy atom. The summed E-state index contributed by atoms with van der Waals surface area (Å²) in [6, 6.07) is 12.4. The van der Waals surface area contributed by atoms with Gasteiger partial charge in [0.25, 0.3) is 5.56 Å². The SMILES string of the molecule is CC(C)(Cc1ccc(Cl)c(-c2nc(-c3cccc(F)c3)cc(=O)[nH]2)c1)C(N)=O. The van der Waals surface area contributed by atoms with E-state index in [0.717, 1.165) is 5.56 Å². The number of H-pyrrole nitrogens is 1. The lowest BCUT2D eigenvalue weighted by molar-refractivity contribution is -0.125. The zero-order valence-electron chi connectivity index (χ0n) is 15.4. The Morgan fingerprint density at radius 3 is 2.64 bits per heavy atom. The lowest BCUT2D eigenvalue weighted by Gasteiger charge is -2.20. The highest BCUT2D eigenvalue weighted by molar-refractivity contribution is 6.33. The first-order valence-corrected chi connectivity index (χ1v) is 8.99. The fourth-order valence-corrected chi connectivity index (χ4v) is 3.05. The molecule has 0 aliphatic carbocycles. The summed E-state index contributed by atoms with van der Waals surface area (Å²) >= 11 is 6.33. The molecule has 0 atom stereocenters. The van der Waals surface area contributed by atoms with Crippen LogP contribution in [0.5, 0.6) is 0 Å². The molecule has 0 fully saturated rings. The molecule has 7 heteroatoms. The van der Waals surface area contributed by atoms with E-state index in [-0.39, 0.29) is 11.4 Å². The highest BCUT2D eigenvalue weighted by atomic mass is 35.5. The van der Waals surface area contributed by atoms with Crippen LogP contribution in [0.2, 0.25) is 5.02 Å². The second-order valence-electron chi connectivity index (χ2n) is 7.23. The highest BCUT2D eigenvalue weighted by Crippen LogP contribution is 2.30. The van der Waals surface area contributed by atoms with Gasteiger partial charge in [0.15, 0.2) is 0 Å². The second kappa shape index (κ2) is 7.56. The summed E-state index contributed by atoms with van der Waals surface area (Å²) in [5, 5.41) is 0.389. The molecule has 28 heavy (non-hydrogen) atoms. The van der Waals surface area contributed by atoms with Crippen molar-refractivity contribution in [3.63, 3.8) is 0 Å². The summed E-state index contributed by atoms with van der Waals surface area (Å²) in [6.45, 7) is 3.52. The van der Waals surface area contributed by atoms with Gasteiger partial charge < -0.3 is 10.7 Å². The molecule has 0 radical (unpaired) electrons. The van der Waals surface area contributed by atoms with Crippen molar-refractivity contribution < 1.29 is 9.18 Å². The summed E-state index contributed by atoms with van der Waals surface area (Å²) in [6.07, 6.45) is 0.403. The number of hydrogen-bond acceptors (Lipinski definition) is 3. The van der Waals surface area contributed by atoms with Gasteiger partial charge in [-0.3, -0.25) is 9.59 Å². The molecule has 0 aliphatic rings. The van der Waals surface area contributed by atoms with E-state index >= 15 is 0 Å². The first kappa shape index (κ1) is 19.8. The van der Waals surface area contributed by atoms with Gasteiger partial charge in [0, 0.05) is 22.6 Å². The van der Waals surface area contributed by atoms with Crippen molar-refractivity contribution in [2.75, 3.05) is 0 Å². The Hall–Kier alpha value is -2.99. The van der Waals surface area contributed by atoms with Crippen molar-refractivity contribution in [3.8, 4) is 22.6 Å². The number of carbonyl (C=O) groups excluding carboxylic acids is 1. The maximum absolute atomic E-state index is 13.5. The highest BCUT2D eigenvalue weighted by Gasteiger charge is 2.25. The third-order valence-electron chi connectivity index (χ3n) is 4.46. The molecule has 0 saturated carbocycles. The van der Waals surface area contributed by atoms with E-state index in [4.69, 9.17) is 17.3 Å². The van der Waals surface area contributed by atoms with Crippen LogP contribution >= 0.6 is 11.6 Å². The third-order valence-corrected chi connectivity index (χ3v) is 4.79. The first-order chi connectivity index (χ1) is 13.2. The van der Waals surface area contributed by atoms with E-state index in [1.807, 2.05) is 0 Å². The normalized spacial score (nSPS) is 11.4. The molecule has 3 N–H and O–H groups in total. The Labute approximate surface area is 166 Å². The van der Waals surface area contributed by atoms with Crippen LogP contribution in [0.1, 0.15) is 19.4 Å². The Bertz CT molecular complexity index is 1110. The number of aromatic amines is 1. The average Bonchev–Trinajstić information content (AvgIpc) is 2.62. The lowest BCUT2D eigenvalue weighted by atomic mass is 9.85. The van der Waals surface area contributed by atoms with Crippen molar-refractivity contribution in [1.29, 1.82) is 0 Å². The van der Waals surface area contributed by atoms with E-state index < -0.39 is 17.1 Å². The summed E-state index contributed by atoms with van der Waals surface area (Å²) in [7, 11) is 0. The maximum atomic E-state index is 13.5. The molecule has 1 amide bonds. The number of carbonyl (C=O) groups is 1. The van der Waals surface area contributed by atoms with Gasteiger partial charge in [-0.15, -0.1) is 0 Å². The third kappa shape index (κ3) is 4.28. The molecular formula is C21H19ClFN3O2. The fourth-order valence-electron chi connectivity index (χ4n) is 2.84. The van der Waals surface area contributed by atoms with E-state index in [9.17, 15) is 14.0 Å². The average molecular weight is 400 g/mol. The summed E-state index contributed by atoms with van der Waals surface area (Å²) in [5.74, 6) is -0.575. The fraction of sp³-hybridized carbons (Fsp3) is 0.190. The summed E-state index contributed by atoms with van der Waals surface area (Å²) < 4.78 is 13.5. The second-order valence-corrected chi connectivity index (χ2v) is 7.64. The Balaban J connectivity index is 2.07. The monoisotopic (exact) mass is 399 g/mol. The van der Waals surface area contributed by atoms with Crippen LogP contribution in [0.25, 0.3) is 22.6 Å². The molecule has 5 nitrogen and oxygen atoms in total. The molecule has 1 aromatic heterocycles. The van der Waals surface area contributed by atoms with E-state index in [1.165, 1.54) is 18.2 Å². The minimum absolute atomic E-state index is 0.260. The molecule has 0 bridgehead atoms.